The fourth-order valence-corrected chi connectivity index (χ4v) is 1.93. The summed E-state index contributed by atoms with van der Waals surface area (Å²) in [5, 5.41) is 0. The zero-order valence-corrected chi connectivity index (χ0v) is 11.8. The number of pyridine rings is 1. The van der Waals surface area contributed by atoms with Crippen molar-refractivity contribution in [2.75, 3.05) is 13.7 Å². The molecule has 0 fully saturated rings. The Morgan fingerprint density at radius 2 is 1.80 bits per heavy atom. The standard InChI is InChI=1S/C16H19NO3/c1-13-5-3-10-17(16(13)18)11-4-12-20-15-8-6-14(19-2)7-9-15/h3,5-10H,4,11-12H2,1-2H3. The molecular formula is C16H19NO3. The summed E-state index contributed by atoms with van der Waals surface area (Å²) in [5.74, 6) is 1.62. The van der Waals surface area contributed by atoms with Crippen LogP contribution in [-0.2, 0) is 6.54 Å². The topological polar surface area (TPSA) is 40.5 Å². The molecule has 2 aromatic rings. The molecule has 1 aromatic carbocycles. The van der Waals surface area contributed by atoms with E-state index in [4.69, 9.17) is 9.47 Å². The van der Waals surface area contributed by atoms with Gasteiger partial charge in [-0.15, -0.1) is 0 Å². The van der Waals surface area contributed by atoms with Crippen LogP contribution in [0.2, 0.25) is 0 Å². The summed E-state index contributed by atoms with van der Waals surface area (Å²) in [6, 6.07) is 11.2. The highest BCUT2D eigenvalue weighted by Crippen LogP contribution is 2.16. The first kappa shape index (κ1) is 14.2. The van der Waals surface area contributed by atoms with Crippen molar-refractivity contribution in [3.63, 3.8) is 0 Å². The highest BCUT2D eigenvalue weighted by Gasteiger charge is 1.99. The van der Waals surface area contributed by atoms with Gasteiger partial charge in [0, 0.05) is 18.3 Å². The molecule has 0 amide bonds. The highest BCUT2D eigenvalue weighted by molar-refractivity contribution is 5.31. The summed E-state index contributed by atoms with van der Waals surface area (Å²) in [5.41, 5.74) is 0.834. The summed E-state index contributed by atoms with van der Waals surface area (Å²) in [6.45, 7) is 3.07. The maximum atomic E-state index is 11.8. The minimum Gasteiger partial charge on any atom is -0.497 e. The monoisotopic (exact) mass is 273 g/mol. The van der Waals surface area contributed by atoms with Gasteiger partial charge in [0.1, 0.15) is 11.5 Å². The van der Waals surface area contributed by atoms with Crippen LogP contribution in [0.15, 0.2) is 47.4 Å². The molecule has 0 aliphatic heterocycles. The average molecular weight is 273 g/mol. The van der Waals surface area contributed by atoms with Crippen molar-refractivity contribution in [3.05, 3.63) is 58.5 Å². The number of nitrogens with zero attached hydrogens (tertiary/aromatic N) is 1. The summed E-state index contributed by atoms with van der Waals surface area (Å²) in [7, 11) is 1.63. The fraction of sp³-hybridized carbons (Fsp3) is 0.312. The second-order valence-electron chi connectivity index (χ2n) is 4.57. The molecule has 0 aliphatic carbocycles. The van der Waals surface area contributed by atoms with Crippen LogP contribution in [0.4, 0.5) is 0 Å². The van der Waals surface area contributed by atoms with E-state index in [2.05, 4.69) is 0 Å². The third kappa shape index (κ3) is 3.63. The number of aryl methyl sites for hydroxylation is 2. The minimum atomic E-state index is 0.0666. The molecule has 0 N–H and O–H groups in total. The lowest BCUT2D eigenvalue weighted by molar-refractivity contribution is 0.300. The van der Waals surface area contributed by atoms with E-state index in [-0.39, 0.29) is 5.56 Å². The fourth-order valence-electron chi connectivity index (χ4n) is 1.93. The van der Waals surface area contributed by atoms with Gasteiger partial charge in [0.15, 0.2) is 0 Å². The Kier molecular flexibility index (Phi) is 4.82. The molecule has 2 rings (SSSR count). The first-order valence-corrected chi connectivity index (χ1v) is 6.63. The smallest absolute Gasteiger partial charge is 0.253 e. The summed E-state index contributed by atoms with van der Waals surface area (Å²) in [4.78, 5) is 11.8. The largest absolute Gasteiger partial charge is 0.497 e. The van der Waals surface area contributed by atoms with Gasteiger partial charge in [0.2, 0.25) is 0 Å². The first-order chi connectivity index (χ1) is 9.70. The number of methoxy groups -OCH3 is 1. The van der Waals surface area contributed by atoms with Gasteiger partial charge in [-0.25, -0.2) is 0 Å². The predicted molar refractivity (Wildman–Crippen MR) is 78.5 cm³/mol. The Morgan fingerprint density at radius 3 is 2.50 bits per heavy atom. The Hall–Kier alpha value is -2.23. The van der Waals surface area contributed by atoms with Gasteiger partial charge in [-0.2, -0.15) is 0 Å². The van der Waals surface area contributed by atoms with E-state index in [0.29, 0.717) is 13.2 Å². The number of rotatable bonds is 6. The van der Waals surface area contributed by atoms with Crippen LogP contribution in [0.25, 0.3) is 0 Å². The lowest BCUT2D eigenvalue weighted by Gasteiger charge is -2.08. The van der Waals surface area contributed by atoms with E-state index < -0.39 is 0 Å². The first-order valence-electron chi connectivity index (χ1n) is 6.63. The van der Waals surface area contributed by atoms with Crippen molar-refractivity contribution in [2.24, 2.45) is 0 Å². The van der Waals surface area contributed by atoms with Crippen LogP contribution in [0, 0.1) is 6.92 Å². The van der Waals surface area contributed by atoms with E-state index >= 15 is 0 Å². The Balaban J connectivity index is 1.81. The van der Waals surface area contributed by atoms with Crippen LogP contribution < -0.4 is 15.0 Å². The van der Waals surface area contributed by atoms with E-state index in [1.54, 1.807) is 11.7 Å². The van der Waals surface area contributed by atoms with Crippen molar-refractivity contribution < 1.29 is 9.47 Å². The normalized spacial score (nSPS) is 10.3. The molecule has 0 unspecified atom stereocenters. The third-order valence-corrected chi connectivity index (χ3v) is 3.08. The summed E-state index contributed by atoms with van der Waals surface area (Å²) in [6.07, 6.45) is 2.60. The molecule has 106 valence electrons. The zero-order valence-electron chi connectivity index (χ0n) is 11.8. The van der Waals surface area contributed by atoms with Crippen LogP contribution >= 0.6 is 0 Å². The average Bonchev–Trinajstić information content (AvgIpc) is 2.48. The predicted octanol–water partition coefficient (Wildman–Crippen LogP) is 2.63. The molecule has 0 bridgehead atoms. The van der Waals surface area contributed by atoms with Gasteiger partial charge in [-0.3, -0.25) is 4.79 Å². The van der Waals surface area contributed by atoms with Gasteiger partial charge in [0.25, 0.3) is 5.56 Å². The van der Waals surface area contributed by atoms with Gasteiger partial charge in [0.05, 0.1) is 13.7 Å². The Morgan fingerprint density at radius 1 is 1.10 bits per heavy atom. The van der Waals surface area contributed by atoms with Crippen molar-refractivity contribution in [3.8, 4) is 11.5 Å². The molecule has 0 saturated heterocycles. The third-order valence-electron chi connectivity index (χ3n) is 3.08. The Labute approximate surface area is 118 Å². The second-order valence-corrected chi connectivity index (χ2v) is 4.57. The van der Waals surface area contributed by atoms with E-state index in [1.807, 2.05) is 49.5 Å². The van der Waals surface area contributed by atoms with Gasteiger partial charge in [-0.1, -0.05) is 6.07 Å². The van der Waals surface area contributed by atoms with Gasteiger partial charge in [-0.05, 0) is 43.7 Å². The summed E-state index contributed by atoms with van der Waals surface area (Å²) >= 11 is 0. The van der Waals surface area contributed by atoms with E-state index in [1.165, 1.54) is 0 Å². The maximum Gasteiger partial charge on any atom is 0.253 e. The minimum absolute atomic E-state index is 0.0666. The number of ether oxygens (including phenoxy) is 2. The Bertz CT molecular complexity index is 602. The zero-order chi connectivity index (χ0) is 14.4. The molecule has 0 atom stereocenters. The van der Waals surface area contributed by atoms with Crippen LogP contribution in [0.5, 0.6) is 11.5 Å². The SMILES string of the molecule is COc1ccc(OCCCn2cccc(C)c2=O)cc1. The molecule has 1 aromatic heterocycles. The number of hydrogen-bond donors (Lipinski definition) is 0. The van der Waals surface area contributed by atoms with Crippen LogP contribution in [0.3, 0.4) is 0 Å². The molecule has 20 heavy (non-hydrogen) atoms. The van der Waals surface area contributed by atoms with Crippen molar-refractivity contribution >= 4 is 0 Å². The lowest BCUT2D eigenvalue weighted by atomic mass is 10.3. The van der Waals surface area contributed by atoms with Gasteiger partial charge >= 0.3 is 0 Å². The van der Waals surface area contributed by atoms with Crippen molar-refractivity contribution in [2.45, 2.75) is 19.9 Å². The highest BCUT2D eigenvalue weighted by atomic mass is 16.5. The molecule has 0 spiro atoms. The molecule has 4 heteroatoms. The van der Waals surface area contributed by atoms with Gasteiger partial charge < -0.3 is 14.0 Å². The quantitative estimate of drug-likeness (QED) is 0.760. The summed E-state index contributed by atoms with van der Waals surface area (Å²) < 4.78 is 12.4. The van der Waals surface area contributed by atoms with Crippen molar-refractivity contribution in [1.29, 1.82) is 0 Å². The lowest BCUT2D eigenvalue weighted by Crippen LogP contribution is -2.22. The molecule has 1 heterocycles. The molecule has 0 radical (unpaired) electrons. The van der Waals surface area contributed by atoms with Crippen LogP contribution in [-0.4, -0.2) is 18.3 Å². The van der Waals surface area contributed by atoms with E-state index in [0.717, 1.165) is 23.5 Å². The number of benzene rings is 1. The molecule has 0 saturated carbocycles. The number of aromatic nitrogens is 1. The van der Waals surface area contributed by atoms with Crippen molar-refractivity contribution in [1.82, 2.24) is 4.57 Å². The van der Waals surface area contributed by atoms with E-state index in [9.17, 15) is 4.79 Å². The van der Waals surface area contributed by atoms with Crippen LogP contribution in [0.1, 0.15) is 12.0 Å². The second kappa shape index (κ2) is 6.80. The molecule has 0 aliphatic rings. The molecular weight excluding hydrogens is 254 g/mol. The number of hydrogen-bond acceptors (Lipinski definition) is 3. The maximum absolute atomic E-state index is 11.8. The molecule has 4 nitrogen and oxygen atoms in total.